The number of aromatic nitrogens is 1. The van der Waals surface area contributed by atoms with Gasteiger partial charge in [0, 0.05) is 17.1 Å². The van der Waals surface area contributed by atoms with E-state index in [1.54, 1.807) is 13.3 Å². The van der Waals surface area contributed by atoms with Crippen LogP contribution < -0.4 is 4.74 Å². The predicted molar refractivity (Wildman–Crippen MR) is 135 cm³/mol. The smallest absolute Gasteiger partial charge is 0.309 e. The fourth-order valence-electron chi connectivity index (χ4n) is 6.05. The summed E-state index contributed by atoms with van der Waals surface area (Å²) in [5.41, 5.74) is 1.06. The highest BCUT2D eigenvalue weighted by atomic mass is 16.5. The molecule has 7 nitrogen and oxygen atoms in total. The van der Waals surface area contributed by atoms with Crippen molar-refractivity contribution < 1.29 is 24.9 Å². The van der Waals surface area contributed by atoms with E-state index in [1.165, 1.54) is 38.5 Å². The Morgan fingerprint density at radius 1 is 1.23 bits per heavy atom. The molecule has 192 valence electrons. The number of piperidine rings is 1. The number of aliphatic hydroxyl groups is 2. The van der Waals surface area contributed by atoms with Gasteiger partial charge in [-0.2, -0.15) is 0 Å². The molecule has 1 aromatic heterocycles. The standard InChI is InChI=1S/C28H40N2O5/c1-35-22-7-8-24-23(17-22)26(21(19-31)18-29-24)25(32)9-11-28(27(33)34)12-15-30(16-13-28)14-10-20-5-3-2-4-6-20/h7-8,17-18,20,25,31-32H,2-6,9-16,19H2,1H3,(H,33,34). The molecule has 2 aliphatic rings. The summed E-state index contributed by atoms with van der Waals surface area (Å²) in [7, 11) is 1.58. The van der Waals surface area contributed by atoms with Crippen LogP contribution in [0, 0.1) is 11.3 Å². The fourth-order valence-corrected chi connectivity index (χ4v) is 6.05. The summed E-state index contributed by atoms with van der Waals surface area (Å²) in [6, 6.07) is 5.46. The molecular weight excluding hydrogens is 444 g/mol. The van der Waals surface area contributed by atoms with Crippen molar-refractivity contribution >= 4 is 16.9 Å². The number of likely N-dealkylation sites (tertiary alicyclic amines) is 1. The number of aliphatic hydroxyl groups excluding tert-OH is 2. The molecule has 1 unspecified atom stereocenters. The van der Waals surface area contributed by atoms with E-state index in [4.69, 9.17) is 4.74 Å². The van der Waals surface area contributed by atoms with E-state index in [1.807, 2.05) is 18.2 Å². The van der Waals surface area contributed by atoms with Crippen molar-refractivity contribution in [2.45, 2.75) is 76.9 Å². The van der Waals surface area contributed by atoms with E-state index >= 15 is 0 Å². The first-order chi connectivity index (χ1) is 17.0. The maximum Gasteiger partial charge on any atom is 0.309 e. The summed E-state index contributed by atoms with van der Waals surface area (Å²) in [5, 5.41) is 32.0. The summed E-state index contributed by atoms with van der Waals surface area (Å²) in [6.07, 6.45) is 10.6. The minimum Gasteiger partial charge on any atom is -0.497 e. The third-order valence-corrected chi connectivity index (χ3v) is 8.44. The Bertz CT molecular complexity index is 991. The van der Waals surface area contributed by atoms with Gasteiger partial charge in [0.1, 0.15) is 5.75 Å². The molecule has 0 spiro atoms. The van der Waals surface area contributed by atoms with Crippen molar-refractivity contribution in [2.75, 3.05) is 26.7 Å². The predicted octanol–water partition coefficient (Wildman–Crippen LogP) is 4.69. The van der Waals surface area contributed by atoms with Gasteiger partial charge in [-0.25, -0.2) is 0 Å². The number of ether oxygens (including phenoxy) is 1. The number of methoxy groups -OCH3 is 1. The second-order valence-electron chi connectivity index (χ2n) is 10.5. The zero-order chi connectivity index (χ0) is 24.8. The number of hydrogen-bond donors (Lipinski definition) is 3. The van der Waals surface area contributed by atoms with Crippen LogP contribution in [-0.4, -0.2) is 57.9 Å². The number of carboxylic acids is 1. The monoisotopic (exact) mass is 484 g/mol. The van der Waals surface area contributed by atoms with Crippen molar-refractivity contribution in [3.8, 4) is 5.75 Å². The Balaban J connectivity index is 1.42. The first kappa shape index (κ1) is 25.9. The quantitative estimate of drug-likeness (QED) is 0.450. The van der Waals surface area contributed by atoms with E-state index in [-0.39, 0.29) is 6.61 Å². The number of pyridine rings is 1. The highest BCUT2D eigenvalue weighted by Crippen LogP contribution is 2.40. The zero-order valence-electron chi connectivity index (χ0n) is 20.9. The molecule has 1 aliphatic carbocycles. The summed E-state index contributed by atoms with van der Waals surface area (Å²) < 4.78 is 5.35. The highest BCUT2D eigenvalue weighted by molar-refractivity contribution is 5.85. The van der Waals surface area contributed by atoms with Crippen molar-refractivity contribution in [1.82, 2.24) is 9.88 Å². The Labute approximate surface area is 208 Å². The van der Waals surface area contributed by atoms with Gasteiger partial charge in [-0.15, -0.1) is 0 Å². The molecule has 0 bridgehead atoms. The first-order valence-corrected chi connectivity index (χ1v) is 13.2. The second-order valence-corrected chi connectivity index (χ2v) is 10.5. The molecule has 2 fully saturated rings. The van der Waals surface area contributed by atoms with Gasteiger partial charge in [0.15, 0.2) is 0 Å². The molecule has 2 aromatic rings. The van der Waals surface area contributed by atoms with Crippen molar-refractivity contribution in [1.29, 1.82) is 0 Å². The molecule has 1 atom stereocenters. The summed E-state index contributed by atoms with van der Waals surface area (Å²) in [5.74, 6) is 0.713. The third kappa shape index (κ3) is 5.96. The van der Waals surface area contributed by atoms with Crippen LogP contribution in [0.15, 0.2) is 24.4 Å². The largest absolute Gasteiger partial charge is 0.497 e. The van der Waals surface area contributed by atoms with Gasteiger partial charge in [-0.1, -0.05) is 32.1 Å². The number of carbonyl (C=O) groups is 1. The SMILES string of the molecule is COc1ccc2ncc(CO)c(C(O)CCC3(C(=O)O)CCN(CCC4CCCCC4)CC3)c2c1. The Morgan fingerprint density at radius 2 is 1.97 bits per heavy atom. The summed E-state index contributed by atoms with van der Waals surface area (Å²) >= 11 is 0. The molecule has 2 heterocycles. The first-order valence-electron chi connectivity index (χ1n) is 13.2. The summed E-state index contributed by atoms with van der Waals surface area (Å²) in [6.45, 7) is 2.42. The Hall–Kier alpha value is -2.22. The molecule has 35 heavy (non-hydrogen) atoms. The fraction of sp³-hybridized carbons (Fsp3) is 0.643. The van der Waals surface area contributed by atoms with Crippen LogP contribution in [0.1, 0.15) is 81.4 Å². The van der Waals surface area contributed by atoms with E-state index < -0.39 is 17.5 Å². The molecule has 1 saturated heterocycles. The number of nitrogens with zero attached hydrogens (tertiary/aromatic N) is 2. The van der Waals surface area contributed by atoms with Gasteiger partial charge in [0.25, 0.3) is 0 Å². The molecule has 1 aliphatic heterocycles. The molecule has 3 N–H and O–H groups in total. The van der Waals surface area contributed by atoms with Gasteiger partial charge in [-0.3, -0.25) is 9.78 Å². The van der Waals surface area contributed by atoms with Gasteiger partial charge >= 0.3 is 5.97 Å². The lowest BCUT2D eigenvalue weighted by Gasteiger charge is -2.40. The number of benzene rings is 1. The molecule has 1 saturated carbocycles. The normalized spacial score (nSPS) is 20.1. The van der Waals surface area contributed by atoms with Crippen molar-refractivity contribution in [2.24, 2.45) is 11.3 Å². The van der Waals surface area contributed by atoms with Crippen molar-refractivity contribution in [3.63, 3.8) is 0 Å². The van der Waals surface area contributed by atoms with Crippen LogP contribution in [0.4, 0.5) is 0 Å². The van der Waals surface area contributed by atoms with E-state index in [0.29, 0.717) is 48.1 Å². The maximum absolute atomic E-state index is 12.4. The lowest BCUT2D eigenvalue weighted by Crippen LogP contribution is -2.45. The van der Waals surface area contributed by atoms with Crippen LogP contribution >= 0.6 is 0 Å². The minimum atomic E-state index is -0.893. The molecule has 0 radical (unpaired) electrons. The van der Waals surface area contributed by atoms with Gasteiger partial charge < -0.3 is 25.0 Å². The Kier molecular flexibility index (Phi) is 8.63. The number of fused-ring (bicyclic) bond motifs is 1. The van der Waals surface area contributed by atoms with Crippen LogP contribution in [0.2, 0.25) is 0 Å². The molecular formula is C28H40N2O5. The number of hydrogen-bond acceptors (Lipinski definition) is 6. The average molecular weight is 485 g/mol. The van der Waals surface area contributed by atoms with Crippen LogP contribution in [0.5, 0.6) is 5.75 Å². The zero-order valence-corrected chi connectivity index (χ0v) is 20.9. The topological polar surface area (TPSA) is 103 Å². The third-order valence-electron chi connectivity index (χ3n) is 8.44. The van der Waals surface area contributed by atoms with Crippen LogP contribution in [0.25, 0.3) is 10.9 Å². The van der Waals surface area contributed by atoms with E-state index in [9.17, 15) is 20.1 Å². The van der Waals surface area contributed by atoms with Crippen LogP contribution in [0.3, 0.4) is 0 Å². The summed E-state index contributed by atoms with van der Waals surface area (Å²) in [4.78, 5) is 19.2. The second kappa shape index (κ2) is 11.7. The maximum atomic E-state index is 12.4. The van der Waals surface area contributed by atoms with Crippen LogP contribution in [-0.2, 0) is 11.4 Å². The number of rotatable bonds is 10. The minimum absolute atomic E-state index is 0.243. The molecule has 1 aromatic carbocycles. The molecule has 4 rings (SSSR count). The molecule has 7 heteroatoms. The number of carboxylic acid groups (broad SMARTS) is 1. The lowest BCUT2D eigenvalue weighted by atomic mass is 9.73. The molecule has 0 amide bonds. The Morgan fingerprint density at radius 3 is 2.63 bits per heavy atom. The van der Waals surface area contributed by atoms with Gasteiger partial charge in [-0.05, 0) is 81.4 Å². The highest BCUT2D eigenvalue weighted by Gasteiger charge is 2.41. The van der Waals surface area contributed by atoms with Crippen molar-refractivity contribution in [3.05, 3.63) is 35.5 Å². The van der Waals surface area contributed by atoms with Gasteiger partial charge in [0.05, 0.1) is 30.8 Å². The van der Waals surface area contributed by atoms with E-state index in [0.717, 1.165) is 30.9 Å². The number of aliphatic carboxylic acids is 1. The lowest BCUT2D eigenvalue weighted by molar-refractivity contribution is -0.153. The van der Waals surface area contributed by atoms with Gasteiger partial charge in [0.2, 0.25) is 0 Å². The average Bonchev–Trinajstić information content (AvgIpc) is 2.90. The van der Waals surface area contributed by atoms with E-state index in [2.05, 4.69) is 9.88 Å².